The highest BCUT2D eigenvalue weighted by Gasteiger charge is 2.34. The van der Waals surface area contributed by atoms with Crippen molar-refractivity contribution in [3.63, 3.8) is 0 Å². The zero-order valence-electron chi connectivity index (χ0n) is 13.4. The fourth-order valence-electron chi connectivity index (χ4n) is 2.72. The normalized spacial score (nSPS) is 19.3. The molecule has 9 heteroatoms. The van der Waals surface area contributed by atoms with E-state index in [0.29, 0.717) is 12.1 Å². The second-order valence-electron chi connectivity index (χ2n) is 5.97. The van der Waals surface area contributed by atoms with Gasteiger partial charge in [0.25, 0.3) is 0 Å². The number of carboxylic acids is 1. The van der Waals surface area contributed by atoms with Gasteiger partial charge in [-0.15, -0.1) is 15.0 Å². The lowest BCUT2D eigenvalue weighted by Gasteiger charge is -2.22. The molecule has 0 radical (unpaired) electrons. The van der Waals surface area contributed by atoms with Gasteiger partial charge in [-0.1, -0.05) is 17.7 Å². The van der Waals surface area contributed by atoms with Crippen LogP contribution in [0, 0.1) is 6.92 Å². The molecule has 2 heterocycles. The Labute approximate surface area is 139 Å². The lowest BCUT2D eigenvalue weighted by atomic mass is 10.2. The molecule has 8 nitrogen and oxygen atoms in total. The van der Waals surface area contributed by atoms with Crippen LogP contribution in [0.25, 0.3) is 5.69 Å². The van der Waals surface area contributed by atoms with Crippen molar-refractivity contribution in [2.45, 2.75) is 19.4 Å². The van der Waals surface area contributed by atoms with E-state index in [0.717, 1.165) is 5.56 Å². The van der Waals surface area contributed by atoms with Crippen LogP contribution in [0.5, 0.6) is 0 Å². The van der Waals surface area contributed by atoms with E-state index in [2.05, 4.69) is 10.2 Å². The molecular formula is C15H18N4O4S. The first-order valence-corrected chi connectivity index (χ1v) is 9.30. The van der Waals surface area contributed by atoms with E-state index in [1.165, 1.54) is 4.80 Å². The lowest BCUT2D eigenvalue weighted by molar-refractivity contribution is 0.0690. The zero-order valence-corrected chi connectivity index (χ0v) is 14.2. The molecule has 0 saturated carbocycles. The maximum absolute atomic E-state index is 11.7. The first kappa shape index (κ1) is 16.4. The highest BCUT2D eigenvalue weighted by molar-refractivity contribution is 7.91. The van der Waals surface area contributed by atoms with Crippen LogP contribution in [0.3, 0.4) is 0 Å². The number of hydrogen-bond acceptors (Lipinski definition) is 6. The Morgan fingerprint density at radius 1 is 1.29 bits per heavy atom. The maximum atomic E-state index is 11.7. The van der Waals surface area contributed by atoms with Crippen molar-refractivity contribution in [1.29, 1.82) is 0 Å². The van der Waals surface area contributed by atoms with E-state index >= 15 is 0 Å². The summed E-state index contributed by atoms with van der Waals surface area (Å²) in [5.41, 5.74) is 1.52. The van der Waals surface area contributed by atoms with Crippen molar-refractivity contribution < 1.29 is 18.3 Å². The number of benzene rings is 1. The number of carboxylic acid groups (broad SMARTS) is 1. The largest absolute Gasteiger partial charge is 0.476 e. The zero-order chi connectivity index (χ0) is 17.5. The summed E-state index contributed by atoms with van der Waals surface area (Å²) in [6.45, 7) is 1.95. The molecule has 1 aromatic heterocycles. The highest BCUT2D eigenvalue weighted by Crippen LogP contribution is 2.24. The third-order valence-electron chi connectivity index (χ3n) is 4.15. The van der Waals surface area contributed by atoms with Gasteiger partial charge in [0, 0.05) is 13.1 Å². The molecule has 1 fully saturated rings. The fourth-order valence-corrected chi connectivity index (χ4v) is 4.50. The smallest absolute Gasteiger partial charge is 0.360 e. The molecule has 0 spiro atoms. The molecule has 0 aliphatic carbocycles. The third kappa shape index (κ3) is 3.12. The first-order chi connectivity index (χ1) is 11.3. The molecule has 1 N–H and O–H groups in total. The van der Waals surface area contributed by atoms with Crippen molar-refractivity contribution in [2.75, 3.05) is 23.5 Å². The van der Waals surface area contributed by atoms with Crippen LogP contribution in [0.2, 0.25) is 0 Å². The van der Waals surface area contributed by atoms with Crippen LogP contribution in [-0.4, -0.2) is 59.1 Å². The predicted octanol–water partition coefficient (Wildman–Crippen LogP) is 0.897. The molecule has 128 valence electrons. The third-order valence-corrected chi connectivity index (χ3v) is 5.90. The molecule has 2 aromatic rings. The van der Waals surface area contributed by atoms with Crippen LogP contribution in [0.4, 0.5) is 5.82 Å². The van der Waals surface area contributed by atoms with Gasteiger partial charge < -0.3 is 10.0 Å². The number of anilines is 1. The number of aromatic carboxylic acids is 1. The number of nitrogens with zero attached hydrogens (tertiary/aromatic N) is 4. The monoisotopic (exact) mass is 350 g/mol. The fraction of sp³-hybridized carbons (Fsp3) is 0.400. The second-order valence-corrected chi connectivity index (χ2v) is 8.20. The van der Waals surface area contributed by atoms with Crippen molar-refractivity contribution in [3.05, 3.63) is 35.5 Å². The standard InChI is InChI=1S/C15H18N4O4S/c1-10-3-5-11(6-4-10)19-16-13(15(20)21)14(17-19)18(2)12-7-8-24(22,23)9-12/h3-6,12H,7-9H2,1-2H3,(H,20,21). The Balaban J connectivity index is 1.98. The highest BCUT2D eigenvalue weighted by atomic mass is 32.2. The van der Waals surface area contributed by atoms with Crippen LogP contribution < -0.4 is 4.90 Å². The summed E-state index contributed by atoms with van der Waals surface area (Å²) in [6, 6.07) is 7.06. The van der Waals surface area contributed by atoms with Crippen LogP contribution in [0.15, 0.2) is 24.3 Å². The molecule has 0 bridgehead atoms. The minimum Gasteiger partial charge on any atom is -0.476 e. The van der Waals surface area contributed by atoms with Crippen LogP contribution >= 0.6 is 0 Å². The molecular weight excluding hydrogens is 332 g/mol. The predicted molar refractivity (Wildman–Crippen MR) is 88.5 cm³/mol. The van der Waals surface area contributed by atoms with Crippen LogP contribution in [-0.2, 0) is 9.84 Å². The summed E-state index contributed by atoms with van der Waals surface area (Å²) in [5, 5.41) is 17.7. The molecule has 1 unspecified atom stereocenters. The van der Waals surface area contributed by atoms with Gasteiger partial charge >= 0.3 is 5.97 Å². The summed E-state index contributed by atoms with van der Waals surface area (Å²) < 4.78 is 23.3. The van der Waals surface area contributed by atoms with Crippen molar-refractivity contribution in [2.24, 2.45) is 0 Å². The van der Waals surface area contributed by atoms with E-state index in [-0.39, 0.29) is 29.1 Å². The summed E-state index contributed by atoms with van der Waals surface area (Å²) >= 11 is 0. The Hall–Kier alpha value is -2.42. The van der Waals surface area contributed by atoms with E-state index in [1.54, 1.807) is 24.1 Å². The second kappa shape index (κ2) is 5.90. The lowest BCUT2D eigenvalue weighted by Crippen LogP contribution is -2.34. The van der Waals surface area contributed by atoms with Gasteiger partial charge in [-0.2, -0.15) is 0 Å². The quantitative estimate of drug-likeness (QED) is 0.873. The van der Waals surface area contributed by atoms with Gasteiger partial charge in [-0.3, -0.25) is 0 Å². The number of aromatic nitrogens is 3. The number of sulfone groups is 1. The first-order valence-electron chi connectivity index (χ1n) is 7.48. The van der Waals surface area contributed by atoms with Gasteiger partial charge in [0.05, 0.1) is 17.2 Å². The molecule has 0 amide bonds. The number of rotatable bonds is 4. The van der Waals surface area contributed by atoms with Gasteiger partial charge in [0.15, 0.2) is 15.7 Å². The number of carbonyl (C=O) groups is 1. The van der Waals surface area contributed by atoms with E-state index in [9.17, 15) is 18.3 Å². The minimum atomic E-state index is -3.08. The van der Waals surface area contributed by atoms with Gasteiger partial charge in [0.2, 0.25) is 5.69 Å². The number of hydrogen-bond donors (Lipinski definition) is 1. The Kier molecular flexibility index (Phi) is 4.04. The van der Waals surface area contributed by atoms with Gasteiger partial charge in [0.1, 0.15) is 0 Å². The maximum Gasteiger partial charge on any atom is 0.360 e. The topological polar surface area (TPSA) is 105 Å². The summed E-state index contributed by atoms with van der Waals surface area (Å²) in [5.74, 6) is -0.919. The van der Waals surface area contributed by atoms with E-state index in [1.807, 2.05) is 19.1 Å². The summed E-state index contributed by atoms with van der Waals surface area (Å²) in [7, 11) is -1.42. The Morgan fingerprint density at radius 3 is 2.50 bits per heavy atom. The molecule has 24 heavy (non-hydrogen) atoms. The van der Waals surface area contributed by atoms with Crippen molar-refractivity contribution >= 4 is 21.6 Å². The van der Waals surface area contributed by atoms with Crippen molar-refractivity contribution in [1.82, 2.24) is 15.0 Å². The average molecular weight is 350 g/mol. The summed E-state index contributed by atoms with van der Waals surface area (Å²) in [4.78, 5) is 14.4. The molecule has 1 saturated heterocycles. The molecule has 3 rings (SSSR count). The summed E-state index contributed by atoms with van der Waals surface area (Å²) in [6.07, 6.45) is 0.454. The van der Waals surface area contributed by atoms with Gasteiger partial charge in [-0.05, 0) is 25.5 Å². The molecule has 1 aliphatic rings. The Bertz CT molecular complexity index is 873. The molecule has 1 atom stereocenters. The van der Waals surface area contributed by atoms with Crippen molar-refractivity contribution in [3.8, 4) is 5.69 Å². The molecule has 1 aliphatic heterocycles. The average Bonchev–Trinajstić information content (AvgIpc) is 3.11. The Morgan fingerprint density at radius 2 is 1.96 bits per heavy atom. The number of aryl methyl sites for hydroxylation is 1. The SMILES string of the molecule is Cc1ccc(-n2nc(C(=O)O)c(N(C)C3CCS(=O)(=O)C3)n2)cc1. The molecule has 1 aromatic carbocycles. The van der Waals surface area contributed by atoms with E-state index in [4.69, 9.17) is 0 Å². The van der Waals surface area contributed by atoms with E-state index < -0.39 is 15.8 Å². The van der Waals surface area contributed by atoms with Crippen LogP contribution in [0.1, 0.15) is 22.5 Å². The van der Waals surface area contributed by atoms with Gasteiger partial charge in [-0.25, -0.2) is 13.2 Å². The minimum absolute atomic E-state index is 0.0000489.